The Kier molecular flexibility index (Phi) is 3.23. The van der Waals surface area contributed by atoms with E-state index in [1.807, 2.05) is 36.4 Å². The van der Waals surface area contributed by atoms with Crippen LogP contribution in [-0.2, 0) is 0 Å². The average molecular weight is 279 g/mol. The molecule has 0 aliphatic carbocycles. The molecule has 1 aromatic heterocycles. The lowest BCUT2D eigenvalue weighted by Gasteiger charge is -2.07. The molecule has 2 N–H and O–H groups in total. The number of aryl methyl sites for hydroxylation is 1. The highest BCUT2D eigenvalue weighted by Crippen LogP contribution is 2.30. The van der Waals surface area contributed by atoms with Crippen molar-refractivity contribution in [1.29, 1.82) is 0 Å². The maximum Gasteiger partial charge on any atom is 0.248 e. The van der Waals surface area contributed by atoms with E-state index >= 15 is 0 Å². The van der Waals surface area contributed by atoms with Crippen LogP contribution in [-0.4, -0.2) is 16.0 Å². The predicted molar refractivity (Wildman–Crippen MR) is 78.4 cm³/mol. The fraction of sp³-hybridized carbons (Fsp3) is 0.0625. The van der Waals surface area contributed by atoms with Crippen molar-refractivity contribution < 1.29 is 9.32 Å². The van der Waals surface area contributed by atoms with E-state index in [1.165, 1.54) is 0 Å². The minimum atomic E-state index is -0.441. The van der Waals surface area contributed by atoms with Crippen LogP contribution in [0.4, 0.5) is 0 Å². The second-order valence-electron chi connectivity index (χ2n) is 4.62. The Morgan fingerprint density at radius 3 is 2.29 bits per heavy atom. The first-order valence-electron chi connectivity index (χ1n) is 6.45. The summed E-state index contributed by atoms with van der Waals surface area (Å²) in [5.74, 6) is 0.620. The summed E-state index contributed by atoms with van der Waals surface area (Å²) >= 11 is 0. The average Bonchev–Trinajstić information content (AvgIpc) is 2.94. The van der Waals surface area contributed by atoms with Gasteiger partial charge in [0.05, 0.1) is 0 Å². The van der Waals surface area contributed by atoms with Crippen molar-refractivity contribution in [2.24, 2.45) is 5.73 Å². The molecule has 0 fully saturated rings. The largest absolute Gasteiger partial charge is 0.366 e. The van der Waals surface area contributed by atoms with Gasteiger partial charge in [0.25, 0.3) is 0 Å². The van der Waals surface area contributed by atoms with Gasteiger partial charge in [-0.2, -0.15) is 4.98 Å². The smallest absolute Gasteiger partial charge is 0.248 e. The van der Waals surface area contributed by atoms with Gasteiger partial charge in [-0.05, 0) is 23.3 Å². The van der Waals surface area contributed by atoms with E-state index in [9.17, 15) is 4.79 Å². The molecule has 0 saturated carbocycles. The van der Waals surface area contributed by atoms with Crippen molar-refractivity contribution in [2.45, 2.75) is 6.92 Å². The van der Waals surface area contributed by atoms with Crippen LogP contribution in [0.1, 0.15) is 16.2 Å². The van der Waals surface area contributed by atoms with E-state index in [-0.39, 0.29) is 0 Å². The summed E-state index contributed by atoms with van der Waals surface area (Å²) in [7, 11) is 0. The van der Waals surface area contributed by atoms with Crippen LogP contribution in [0.25, 0.3) is 22.5 Å². The monoisotopic (exact) mass is 279 g/mol. The highest BCUT2D eigenvalue weighted by Gasteiger charge is 2.12. The number of benzene rings is 2. The van der Waals surface area contributed by atoms with Crippen molar-refractivity contribution in [3.8, 4) is 22.5 Å². The minimum Gasteiger partial charge on any atom is -0.366 e. The van der Waals surface area contributed by atoms with E-state index in [4.69, 9.17) is 10.3 Å². The third-order valence-electron chi connectivity index (χ3n) is 3.18. The number of primary amides is 1. The van der Waals surface area contributed by atoms with Crippen molar-refractivity contribution >= 4 is 5.91 Å². The van der Waals surface area contributed by atoms with E-state index in [2.05, 4.69) is 10.1 Å². The fourth-order valence-corrected chi connectivity index (χ4v) is 2.15. The summed E-state index contributed by atoms with van der Waals surface area (Å²) in [5, 5.41) is 3.96. The van der Waals surface area contributed by atoms with Gasteiger partial charge < -0.3 is 10.3 Å². The van der Waals surface area contributed by atoms with Crippen LogP contribution in [0.3, 0.4) is 0 Å². The molecule has 0 atom stereocenters. The standard InChI is InChI=1S/C16H13N3O2/c1-10-18-16(19-21-10)14-5-3-2-4-13(14)11-6-8-12(9-7-11)15(17)20/h2-9H,1H3,(H2,17,20). The van der Waals surface area contributed by atoms with E-state index < -0.39 is 5.91 Å². The topological polar surface area (TPSA) is 82.0 Å². The SMILES string of the molecule is Cc1nc(-c2ccccc2-c2ccc(C(N)=O)cc2)no1. The normalized spacial score (nSPS) is 10.5. The van der Waals surface area contributed by atoms with Gasteiger partial charge in [-0.15, -0.1) is 0 Å². The highest BCUT2D eigenvalue weighted by molar-refractivity contribution is 5.93. The Bertz CT molecular complexity index is 791. The Morgan fingerprint density at radius 1 is 1.05 bits per heavy atom. The molecule has 2 aromatic carbocycles. The Labute approximate surface area is 121 Å². The molecule has 3 aromatic rings. The molecule has 0 saturated heterocycles. The van der Waals surface area contributed by atoms with Crippen LogP contribution >= 0.6 is 0 Å². The summed E-state index contributed by atoms with van der Waals surface area (Å²) in [6.07, 6.45) is 0. The zero-order valence-electron chi connectivity index (χ0n) is 11.4. The molecule has 0 aliphatic heterocycles. The Balaban J connectivity index is 2.08. The molecule has 21 heavy (non-hydrogen) atoms. The third-order valence-corrected chi connectivity index (χ3v) is 3.18. The molecule has 0 aliphatic rings. The van der Waals surface area contributed by atoms with Crippen LogP contribution in [0.15, 0.2) is 53.1 Å². The summed E-state index contributed by atoms with van der Waals surface area (Å²) in [5.41, 5.74) is 8.53. The zero-order chi connectivity index (χ0) is 14.8. The molecule has 0 bridgehead atoms. The van der Waals surface area contributed by atoms with Crippen LogP contribution < -0.4 is 5.73 Å². The molecule has 5 heteroatoms. The van der Waals surface area contributed by atoms with Crippen LogP contribution in [0.2, 0.25) is 0 Å². The summed E-state index contributed by atoms with van der Waals surface area (Å²) < 4.78 is 5.04. The lowest BCUT2D eigenvalue weighted by Crippen LogP contribution is -2.10. The van der Waals surface area contributed by atoms with Crippen molar-refractivity contribution in [2.75, 3.05) is 0 Å². The van der Waals surface area contributed by atoms with Gasteiger partial charge in [0.15, 0.2) is 0 Å². The maximum absolute atomic E-state index is 11.1. The molecular formula is C16H13N3O2. The number of nitrogens with zero attached hydrogens (tertiary/aromatic N) is 2. The number of aromatic nitrogens is 2. The second kappa shape index (κ2) is 5.20. The number of hydrogen-bond donors (Lipinski definition) is 1. The van der Waals surface area contributed by atoms with Crippen LogP contribution in [0.5, 0.6) is 0 Å². The molecule has 104 valence electrons. The quantitative estimate of drug-likeness (QED) is 0.799. The van der Waals surface area contributed by atoms with E-state index in [0.717, 1.165) is 16.7 Å². The number of carbonyl (C=O) groups is 1. The van der Waals surface area contributed by atoms with Crippen molar-refractivity contribution in [3.05, 3.63) is 60.0 Å². The molecule has 5 nitrogen and oxygen atoms in total. The second-order valence-corrected chi connectivity index (χ2v) is 4.62. The van der Waals surface area contributed by atoms with Gasteiger partial charge in [0, 0.05) is 18.1 Å². The Hall–Kier alpha value is -2.95. The molecule has 0 spiro atoms. The predicted octanol–water partition coefficient (Wildman–Crippen LogP) is 2.81. The highest BCUT2D eigenvalue weighted by atomic mass is 16.5. The van der Waals surface area contributed by atoms with Gasteiger partial charge in [-0.1, -0.05) is 41.6 Å². The summed E-state index contributed by atoms with van der Waals surface area (Å²) in [4.78, 5) is 15.4. The van der Waals surface area contributed by atoms with Crippen LogP contribution in [0, 0.1) is 6.92 Å². The van der Waals surface area contributed by atoms with Crippen molar-refractivity contribution in [3.63, 3.8) is 0 Å². The number of rotatable bonds is 3. The lowest BCUT2D eigenvalue weighted by molar-refractivity contribution is 0.100. The molecule has 0 unspecified atom stereocenters. The minimum absolute atomic E-state index is 0.441. The van der Waals surface area contributed by atoms with Gasteiger partial charge >= 0.3 is 0 Å². The number of nitrogens with two attached hydrogens (primary N) is 1. The molecular weight excluding hydrogens is 266 g/mol. The lowest BCUT2D eigenvalue weighted by atomic mass is 9.98. The number of hydrogen-bond acceptors (Lipinski definition) is 4. The van der Waals surface area contributed by atoms with Gasteiger partial charge in [-0.3, -0.25) is 4.79 Å². The third kappa shape index (κ3) is 2.53. The first-order chi connectivity index (χ1) is 10.1. The first-order valence-corrected chi connectivity index (χ1v) is 6.45. The number of carbonyl (C=O) groups excluding carboxylic acids is 1. The van der Waals surface area contributed by atoms with E-state index in [0.29, 0.717) is 17.3 Å². The Morgan fingerprint density at radius 2 is 1.71 bits per heavy atom. The van der Waals surface area contributed by atoms with Gasteiger partial charge in [-0.25, -0.2) is 0 Å². The van der Waals surface area contributed by atoms with E-state index in [1.54, 1.807) is 19.1 Å². The summed E-state index contributed by atoms with van der Waals surface area (Å²) in [6.45, 7) is 1.75. The molecule has 3 rings (SSSR count). The fourth-order valence-electron chi connectivity index (χ4n) is 2.15. The maximum atomic E-state index is 11.1. The first kappa shape index (κ1) is 13.1. The molecule has 1 amide bonds. The zero-order valence-corrected chi connectivity index (χ0v) is 11.4. The van der Waals surface area contributed by atoms with Gasteiger partial charge in [0.2, 0.25) is 17.6 Å². The molecule has 0 radical (unpaired) electrons. The summed E-state index contributed by atoms with van der Waals surface area (Å²) in [6, 6.07) is 14.9. The van der Waals surface area contributed by atoms with Gasteiger partial charge in [0.1, 0.15) is 0 Å². The molecule has 1 heterocycles. The van der Waals surface area contributed by atoms with Crippen molar-refractivity contribution in [1.82, 2.24) is 10.1 Å². The number of amides is 1.